The largest absolute Gasteiger partial charge is 0.411 e. The number of hydrogen-bond donors (Lipinski definition) is 0. The van der Waals surface area contributed by atoms with Gasteiger partial charge in [-0.25, -0.2) is 0 Å². The second kappa shape index (κ2) is 7.60. The molecule has 1 aliphatic heterocycles. The Labute approximate surface area is 153 Å². The van der Waals surface area contributed by atoms with E-state index in [9.17, 15) is 4.79 Å². The first-order valence-electron chi connectivity index (χ1n) is 8.74. The molecule has 0 N–H and O–H groups in total. The van der Waals surface area contributed by atoms with Crippen LogP contribution in [0, 0.1) is 25.7 Å². The number of piperidine rings is 1. The number of thioether (sulfide) groups is 1. The second-order valence-electron chi connectivity index (χ2n) is 7.21. The van der Waals surface area contributed by atoms with Crippen LogP contribution in [0.5, 0.6) is 0 Å². The summed E-state index contributed by atoms with van der Waals surface area (Å²) in [5, 5.41) is 8.62. The summed E-state index contributed by atoms with van der Waals surface area (Å²) in [5.41, 5.74) is 3.33. The van der Waals surface area contributed by atoms with Gasteiger partial charge in [0.2, 0.25) is 11.8 Å². The Morgan fingerprint density at radius 1 is 1.20 bits per heavy atom. The maximum Gasteiger partial charge on any atom is 0.277 e. The maximum atomic E-state index is 12.4. The van der Waals surface area contributed by atoms with Crippen molar-refractivity contribution in [2.45, 2.75) is 39.3 Å². The van der Waals surface area contributed by atoms with E-state index < -0.39 is 0 Å². The molecule has 1 saturated heterocycles. The molecule has 0 unspecified atom stereocenters. The van der Waals surface area contributed by atoms with Gasteiger partial charge in [0.1, 0.15) is 0 Å². The van der Waals surface area contributed by atoms with Crippen LogP contribution in [0.15, 0.2) is 27.8 Å². The molecule has 0 radical (unpaired) electrons. The van der Waals surface area contributed by atoms with Crippen LogP contribution in [0.2, 0.25) is 0 Å². The lowest BCUT2D eigenvalue weighted by molar-refractivity contribution is -0.130. The third-order valence-electron chi connectivity index (χ3n) is 4.70. The Balaban J connectivity index is 1.60. The summed E-state index contributed by atoms with van der Waals surface area (Å²) in [6, 6.07) is 6.06. The topological polar surface area (TPSA) is 59.2 Å². The molecule has 5 nitrogen and oxygen atoms in total. The summed E-state index contributed by atoms with van der Waals surface area (Å²) in [7, 11) is 0. The van der Waals surface area contributed by atoms with Crippen molar-refractivity contribution in [1.29, 1.82) is 0 Å². The fourth-order valence-corrected chi connectivity index (χ4v) is 4.01. The zero-order valence-electron chi connectivity index (χ0n) is 15.3. The number of carbonyl (C=O) groups excluding carboxylic acids is 1. The maximum absolute atomic E-state index is 12.4. The second-order valence-corrected chi connectivity index (χ2v) is 8.13. The van der Waals surface area contributed by atoms with E-state index in [4.69, 9.17) is 4.42 Å². The van der Waals surface area contributed by atoms with Gasteiger partial charge in [0.25, 0.3) is 5.22 Å². The van der Waals surface area contributed by atoms with Crippen molar-refractivity contribution in [3.63, 3.8) is 0 Å². The number of amides is 1. The Kier molecular flexibility index (Phi) is 5.47. The number of nitrogens with zero attached hydrogens (tertiary/aromatic N) is 3. The van der Waals surface area contributed by atoms with Gasteiger partial charge in [-0.15, -0.1) is 10.2 Å². The Bertz CT molecular complexity index is 749. The van der Waals surface area contributed by atoms with E-state index in [1.807, 2.05) is 23.1 Å². The molecule has 25 heavy (non-hydrogen) atoms. The molecule has 0 bridgehead atoms. The monoisotopic (exact) mass is 359 g/mol. The average molecular weight is 359 g/mol. The Morgan fingerprint density at radius 2 is 1.92 bits per heavy atom. The van der Waals surface area contributed by atoms with Crippen LogP contribution in [-0.4, -0.2) is 39.8 Å². The van der Waals surface area contributed by atoms with E-state index in [2.05, 4.69) is 37.9 Å². The van der Waals surface area contributed by atoms with Crippen LogP contribution in [0.4, 0.5) is 0 Å². The normalized spacial score (nSPS) is 20.7. The summed E-state index contributed by atoms with van der Waals surface area (Å²) in [5.74, 6) is 2.12. The van der Waals surface area contributed by atoms with E-state index in [-0.39, 0.29) is 5.91 Å². The van der Waals surface area contributed by atoms with Crippen molar-refractivity contribution >= 4 is 17.7 Å². The van der Waals surface area contributed by atoms with Crippen molar-refractivity contribution in [2.75, 3.05) is 18.8 Å². The molecule has 0 spiro atoms. The van der Waals surface area contributed by atoms with Crippen LogP contribution < -0.4 is 0 Å². The minimum atomic E-state index is 0.148. The van der Waals surface area contributed by atoms with Gasteiger partial charge in [-0.1, -0.05) is 31.7 Å². The van der Waals surface area contributed by atoms with E-state index >= 15 is 0 Å². The lowest BCUT2D eigenvalue weighted by Crippen LogP contribution is -2.43. The highest BCUT2D eigenvalue weighted by Gasteiger charge is 2.25. The number of aromatic nitrogens is 2. The third-order valence-corrected chi connectivity index (χ3v) is 5.50. The van der Waals surface area contributed by atoms with Gasteiger partial charge < -0.3 is 9.32 Å². The molecule has 2 atom stereocenters. The first-order valence-corrected chi connectivity index (χ1v) is 9.72. The van der Waals surface area contributed by atoms with Gasteiger partial charge in [0.15, 0.2) is 0 Å². The van der Waals surface area contributed by atoms with Crippen molar-refractivity contribution < 1.29 is 9.21 Å². The summed E-state index contributed by atoms with van der Waals surface area (Å²) in [6.45, 7) is 10.2. The number of hydrogen-bond acceptors (Lipinski definition) is 5. The van der Waals surface area contributed by atoms with Gasteiger partial charge in [0, 0.05) is 18.7 Å². The Morgan fingerprint density at radius 3 is 2.60 bits per heavy atom. The molecule has 2 heterocycles. The van der Waals surface area contributed by atoms with Crippen LogP contribution in [0.1, 0.15) is 31.4 Å². The average Bonchev–Trinajstić information content (AvgIpc) is 3.03. The molecular formula is C19H25N3O2S. The number of benzene rings is 1. The molecular weight excluding hydrogens is 334 g/mol. The molecule has 1 aliphatic rings. The van der Waals surface area contributed by atoms with Gasteiger partial charge in [-0.05, 0) is 55.4 Å². The van der Waals surface area contributed by atoms with E-state index in [0.717, 1.165) is 18.7 Å². The van der Waals surface area contributed by atoms with E-state index in [0.29, 0.717) is 28.7 Å². The summed E-state index contributed by atoms with van der Waals surface area (Å²) >= 11 is 1.32. The van der Waals surface area contributed by atoms with E-state index in [1.165, 1.54) is 29.3 Å². The highest BCUT2D eigenvalue weighted by molar-refractivity contribution is 7.99. The molecule has 0 saturated carbocycles. The first kappa shape index (κ1) is 18.0. The van der Waals surface area contributed by atoms with Crippen molar-refractivity contribution in [3.05, 3.63) is 29.3 Å². The number of likely N-dealkylation sites (tertiary alicyclic amines) is 1. The molecule has 2 aromatic rings. The SMILES string of the molecule is Cc1ccc(-c2nnc(SCC(=O)N3C[C@@H](C)C[C@H](C)C3)o2)cc1C. The molecule has 1 aromatic heterocycles. The predicted molar refractivity (Wildman–Crippen MR) is 99.5 cm³/mol. The van der Waals surface area contributed by atoms with Gasteiger partial charge >= 0.3 is 0 Å². The molecule has 1 fully saturated rings. The quantitative estimate of drug-likeness (QED) is 0.774. The fourth-order valence-electron chi connectivity index (χ4n) is 3.34. The molecule has 1 amide bonds. The van der Waals surface area contributed by atoms with Gasteiger partial charge in [-0.2, -0.15) is 0 Å². The minimum absolute atomic E-state index is 0.148. The molecule has 0 aliphatic carbocycles. The highest BCUT2D eigenvalue weighted by Crippen LogP contribution is 2.26. The third kappa shape index (κ3) is 4.42. The number of aryl methyl sites for hydroxylation is 2. The van der Waals surface area contributed by atoms with Crippen molar-refractivity contribution in [2.24, 2.45) is 11.8 Å². The van der Waals surface area contributed by atoms with Gasteiger partial charge in [-0.3, -0.25) is 4.79 Å². The number of rotatable bonds is 4. The molecule has 1 aromatic carbocycles. The number of carbonyl (C=O) groups is 1. The molecule has 3 rings (SSSR count). The zero-order valence-corrected chi connectivity index (χ0v) is 16.1. The highest BCUT2D eigenvalue weighted by atomic mass is 32.2. The lowest BCUT2D eigenvalue weighted by atomic mass is 9.92. The molecule has 134 valence electrons. The minimum Gasteiger partial charge on any atom is -0.411 e. The smallest absolute Gasteiger partial charge is 0.277 e. The van der Waals surface area contributed by atoms with Gasteiger partial charge in [0.05, 0.1) is 5.75 Å². The summed E-state index contributed by atoms with van der Waals surface area (Å²) < 4.78 is 5.71. The van der Waals surface area contributed by atoms with Crippen LogP contribution in [0.25, 0.3) is 11.5 Å². The predicted octanol–water partition coefficient (Wildman–Crippen LogP) is 3.95. The summed E-state index contributed by atoms with van der Waals surface area (Å²) in [6.07, 6.45) is 1.19. The fraction of sp³-hybridized carbons (Fsp3) is 0.526. The lowest BCUT2D eigenvalue weighted by Gasteiger charge is -2.34. The van der Waals surface area contributed by atoms with Crippen LogP contribution in [-0.2, 0) is 4.79 Å². The molecule has 6 heteroatoms. The van der Waals surface area contributed by atoms with Crippen molar-refractivity contribution in [1.82, 2.24) is 15.1 Å². The standard InChI is InChI=1S/C19H25N3O2S/c1-12-7-13(2)10-22(9-12)17(23)11-25-19-21-20-18(24-19)16-6-5-14(3)15(4)8-16/h5-6,8,12-13H,7,9-11H2,1-4H3/t12-,13-/m0/s1. The summed E-state index contributed by atoms with van der Waals surface area (Å²) in [4.78, 5) is 14.4. The Hall–Kier alpha value is -1.82. The van der Waals surface area contributed by atoms with Crippen LogP contribution >= 0.6 is 11.8 Å². The zero-order chi connectivity index (χ0) is 18.0. The van der Waals surface area contributed by atoms with Crippen molar-refractivity contribution in [3.8, 4) is 11.5 Å². The van der Waals surface area contributed by atoms with E-state index in [1.54, 1.807) is 0 Å². The van der Waals surface area contributed by atoms with Crippen LogP contribution in [0.3, 0.4) is 0 Å². The first-order chi connectivity index (χ1) is 11.9.